The minimum Gasteiger partial charge on any atom is -0.465 e. The molecule has 4 heteroatoms. The Morgan fingerprint density at radius 1 is 1.08 bits per heavy atom. The number of carbonyl (C=O) groups is 2. The van der Waals surface area contributed by atoms with Crippen LogP contribution in [0.1, 0.15) is 126 Å². The molecule has 0 saturated carbocycles. The molecule has 1 aliphatic heterocycles. The number of rotatable bonds is 11. The number of piperidine rings is 1. The second-order valence-electron chi connectivity index (χ2n) is 12.9. The van der Waals surface area contributed by atoms with Crippen molar-refractivity contribution in [2.45, 2.75) is 132 Å². The Hall–Kier alpha value is -1.68. The van der Waals surface area contributed by atoms with E-state index < -0.39 is 0 Å². The van der Waals surface area contributed by atoms with Crippen molar-refractivity contribution in [2.75, 3.05) is 6.61 Å². The summed E-state index contributed by atoms with van der Waals surface area (Å²) in [7, 11) is 0. The molecule has 37 heavy (non-hydrogen) atoms. The summed E-state index contributed by atoms with van der Waals surface area (Å²) >= 11 is 0. The van der Waals surface area contributed by atoms with E-state index in [1.54, 1.807) is 0 Å². The van der Waals surface area contributed by atoms with Gasteiger partial charge in [-0.2, -0.15) is 0 Å². The first-order valence-electron chi connectivity index (χ1n) is 14.7. The lowest BCUT2D eigenvalue weighted by atomic mass is 9.69. The monoisotopic (exact) mass is 515 g/mol. The predicted molar refractivity (Wildman–Crippen MR) is 157 cm³/mol. The number of esters is 1. The number of benzene rings is 1. The lowest BCUT2D eigenvalue weighted by Crippen LogP contribution is -2.64. The van der Waals surface area contributed by atoms with Gasteiger partial charge < -0.3 is 10.1 Å². The molecule has 5 atom stereocenters. The van der Waals surface area contributed by atoms with Crippen LogP contribution in [0.3, 0.4) is 0 Å². The molecule has 1 saturated heterocycles. The summed E-state index contributed by atoms with van der Waals surface area (Å²) in [5.41, 5.74) is 1.37. The van der Waals surface area contributed by atoms with Gasteiger partial charge in [-0.25, -0.2) is 0 Å². The molecule has 5 unspecified atom stereocenters. The van der Waals surface area contributed by atoms with Crippen molar-refractivity contribution in [2.24, 2.45) is 23.2 Å². The van der Waals surface area contributed by atoms with Gasteiger partial charge in [-0.05, 0) is 62.3 Å². The standard InChI is InChI=1S/C21H34O2.C12H23NO/c1-7-8-14-23-20(22)19(16(2)3)15-21(5,6)17(4)18-12-10-9-11-13-18;1-6-11(4)8-10(14)9(3)12(5,7-2)13-11/h9-13,16-17,19H,7-8,14-15H2,1-6H3;9,13H,6-8H2,1-5H3. The molecule has 1 heterocycles. The van der Waals surface area contributed by atoms with E-state index in [0.717, 1.165) is 32.1 Å². The summed E-state index contributed by atoms with van der Waals surface area (Å²) in [5.74, 6) is 1.19. The third-order valence-corrected chi connectivity index (χ3v) is 9.17. The number of carbonyl (C=O) groups excluding carboxylic acids is 2. The van der Waals surface area contributed by atoms with Crippen molar-refractivity contribution >= 4 is 11.8 Å². The number of Topliss-reactive ketones (excluding diaryl/α,β-unsaturated/α-hetero) is 1. The van der Waals surface area contributed by atoms with E-state index in [2.05, 4.69) is 98.8 Å². The second-order valence-corrected chi connectivity index (χ2v) is 12.9. The van der Waals surface area contributed by atoms with Crippen molar-refractivity contribution in [3.05, 3.63) is 35.9 Å². The Morgan fingerprint density at radius 3 is 2.16 bits per heavy atom. The maximum atomic E-state index is 12.5. The van der Waals surface area contributed by atoms with Gasteiger partial charge in [0, 0.05) is 23.4 Å². The summed E-state index contributed by atoms with van der Waals surface area (Å²) < 4.78 is 5.50. The lowest BCUT2D eigenvalue weighted by molar-refractivity contribution is -0.151. The van der Waals surface area contributed by atoms with Crippen LogP contribution in [0.4, 0.5) is 0 Å². The summed E-state index contributed by atoms with van der Waals surface area (Å²) in [4.78, 5) is 24.4. The Labute approximate surface area is 228 Å². The zero-order valence-corrected chi connectivity index (χ0v) is 25.9. The quantitative estimate of drug-likeness (QED) is 0.238. The highest BCUT2D eigenvalue weighted by molar-refractivity contribution is 5.84. The van der Waals surface area contributed by atoms with Crippen LogP contribution >= 0.6 is 0 Å². The van der Waals surface area contributed by atoms with Crippen LogP contribution < -0.4 is 5.32 Å². The molecule has 212 valence electrons. The fourth-order valence-electron chi connectivity index (χ4n) is 5.29. The molecule has 2 rings (SSSR count). The van der Waals surface area contributed by atoms with E-state index >= 15 is 0 Å². The zero-order valence-electron chi connectivity index (χ0n) is 25.9. The van der Waals surface area contributed by atoms with Crippen LogP contribution in [0.5, 0.6) is 0 Å². The van der Waals surface area contributed by atoms with E-state index in [1.807, 2.05) is 13.0 Å². The number of ether oxygens (including phenoxy) is 1. The summed E-state index contributed by atoms with van der Waals surface area (Å²) in [5, 5.41) is 3.66. The number of unbranched alkanes of at least 4 members (excludes halogenated alkanes) is 1. The average Bonchev–Trinajstić information content (AvgIpc) is 2.86. The van der Waals surface area contributed by atoms with Gasteiger partial charge >= 0.3 is 5.97 Å². The van der Waals surface area contributed by atoms with Gasteiger partial charge in [0.2, 0.25) is 0 Å². The van der Waals surface area contributed by atoms with Gasteiger partial charge in [-0.3, -0.25) is 9.59 Å². The van der Waals surface area contributed by atoms with Crippen LogP contribution in [0.25, 0.3) is 0 Å². The molecular weight excluding hydrogens is 458 g/mol. The molecular formula is C33H57NO3. The highest BCUT2D eigenvalue weighted by Gasteiger charge is 2.45. The third-order valence-electron chi connectivity index (χ3n) is 9.17. The molecule has 1 aromatic carbocycles. The lowest BCUT2D eigenvalue weighted by Gasteiger charge is -2.48. The molecule has 1 aliphatic rings. The highest BCUT2D eigenvalue weighted by atomic mass is 16.5. The van der Waals surface area contributed by atoms with E-state index in [4.69, 9.17) is 4.74 Å². The fourth-order valence-corrected chi connectivity index (χ4v) is 5.29. The second kappa shape index (κ2) is 14.5. The minimum absolute atomic E-state index is 0.00829. The van der Waals surface area contributed by atoms with Crippen LogP contribution in [0.2, 0.25) is 0 Å². The number of ketones is 1. The largest absolute Gasteiger partial charge is 0.465 e. The molecule has 0 amide bonds. The first-order chi connectivity index (χ1) is 17.2. The topological polar surface area (TPSA) is 55.4 Å². The molecule has 1 N–H and O–H groups in total. The Kier molecular flexibility index (Phi) is 13.0. The maximum Gasteiger partial charge on any atom is 0.309 e. The number of nitrogens with one attached hydrogen (secondary N) is 1. The molecule has 0 bridgehead atoms. The minimum atomic E-state index is -0.0342. The third kappa shape index (κ3) is 9.53. The van der Waals surface area contributed by atoms with Crippen LogP contribution in [-0.4, -0.2) is 29.4 Å². The molecule has 4 nitrogen and oxygen atoms in total. The van der Waals surface area contributed by atoms with E-state index in [9.17, 15) is 9.59 Å². The van der Waals surface area contributed by atoms with Crippen LogP contribution in [-0.2, 0) is 14.3 Å². The fraction of sp³-hybridized carbons (Fsp3) is 0.758. The van der Waals surface area contributed by atoms with Crippen molar-refractivity contribution in [1.82, 2.24) is 5.32 Å². The molecule has 0 spiro atoms. The van der Waals surface area contributed by atoms with Gasteiger partial charge in [0.25, 0.3) is 0 Å². The number of hydrogen-bond donors (Lipinski definition) is 1. The van der Waals surface area contributed by atoms with Gasteiger partial charge in [0.15, 0.2) is 0 Å². The van der Waals surface area contributed by atoms with Gasteiger partial charge in [-0.1, -0.05) is 99.1 Å². The average molecular weight is 516 g/mol. The normalized spacial score (nSPS) is 25.7. The van der Waals surface area contributed by atoms with Crippen molar-refractivity contribution in [3.8, 4) is 0 Å². The Balaban J connectivity index is 0.000000417. The van der Waals surface area contributed by atoms with Crippen LogP contribution in [0, 0.1) is 23.2 Å². The van der Waals surface area contributed by atoms with E-state index in [-0.39, 0.29) is 34.3 Å². The van der Waals surface area contributed by atoms with E-state index in [0.29, 0.717) is 30.6 Å². The Bertz CT molecular complexity index is 833. The number of hydrogen-bond acceptors (Lipinski definition) is 4. The molecule has 0 aromatic heterocycles. The predicted octanol–water partition coefficient (Wildman–Crippen LogP) is 8.34. The van der Waals surface area contributed by atoms with Crippen molar-refractivity contribution in [3.63, 3.8) is 0 Å². The zero-order chi connectivity index (χ0) is 28.4. The summed E-state index contributed by atoms with van der Waals surface area (Å²) in [6.45, 7) is 24.4. The summed E-state index contributed by atoms with van der Waals surface area (Å²) in [6.07, 6.45) is 5.55. The summed E-state index contributed by atoms with van der Waals surface area (Å²) in [6, 6.07) is 10.6. The van der Waals surface area contributed by atoms with Crippen LogP contribution in [0.15, 0.2) is 30.3 Å². The smallest absolute Gasteiger partial charge is 0.309 e. The molecule has 1 aromatic rings. The van der Waals surface area contributed by atoms with Gasteiger partial charge in [0.05, 0.1) is 12.5 Å². The molecule has 1 fully saturated rings. The SMILES string of the molecule is CCC1(C)CC(=O)C(C)C(C)(CC)N1.CCCCOC(=O)C(CC(C)(C)C(C)c1ccccc1)C(C)C. The highest BCUT2D eigenvalue weighted by Crippen LogP contribution is 2.42. The van der Waals surface area contributed by atoms with Gasteiger partial charge in [0.1, 0.15) is 5.78 Å². The first kappa shape index (κ1) is 33.3. The maximum absolute atomic E-state index is 12.5. The van der Waals surface area contributed by atoms with Crippen molar-refractivity contribution in [1.29, 1.82) is 0 Å². The molecule has 0 aliphatic carbocycles. The first-order valence-corrected chi connectivity index (χ1v) is 14.7. The molecule has 0 radical (unpaired) electrons. The Morgan fingerprint density at radius 2 is 1.68 bits per heavy atom. The van der Waals surface area contributed by atoms with E-state index in [1.165, 1.54) is 5.56 Å². The van der Waals surface area contributed by atoms with Gasteiger partial charge in [-0.15, -0.1) is 0 Å². The van der Waals surface area contributed by atoms with Crippen molar-refractivity contribution < 1.29 is 14.3 Å².